The summed E-state index contributed by atoms with van der Waals surface area (Å²) in [6.45, 7) is 6.41. The molecule has 1 aromatic heterocycles. The van der Waals surface area contributed by atoms with Crippen molar-refractivity contribution < 1.29 is 0 Å². The van der Waals surface area contributed by atoms with Gasteiger partial charge < -0.3 is 4.90 Å². The van der Waals surface area contributed by atoms with E-state index in [4.69, 9.17) is 0 Å². The highest BCUT2D eigenvalue weighted by molar-refractivity contribution is 7.07. The molecule has 2 nitrogen and oxygen atoms in total. The van der Waals surface area contributed by atoms with Crippen LogP contribution in [0.3, 0.4) is 0 Å². The zero-order valence-corrected chi connectivity index (χ0v) is 10.4. The average Bonchev–Trinajstić information content (AvgIpc) is 2.85. The molecule has 0 N–H and O–H groups in total. The highest BCUT2D eigenvalue weighted by atomic mass is 32.1. The van der Waals surface area contributed by atoms with Gasteiger partial charge in [0.1, 0.15) is 0 Å². The second kappa shape index (κ2) is 5.12. The third kappa shape index (κ3) is 2.25. The largest absolute Gasteiger partial charge is 0.372 e. The van der Waals surface area contributed by atoms with Crippen LogP contribution in [0.5, 0.6) is 0 Å². The molecule has 0 fully saturated rings. The van der Waals surface area contributed by atoms with Crippen molar-refractivity contribution in [3.05, 3.63) is 35.2 Å². The zero-order valence-electron chi connectivity index (χ0n) is 9.60. The van der Waals surface area contributed by atoms with Crippen molar-refractivity contribution in [3.8, 4) is 11.3 Å². The maximum Gasteiger partial charge on any atom is 0.152 e. The van der Waals surface area contributed by atoms with Crippen molar-refractivity contribution in [2.45, 2.75) is 13.8 Å². The Morgan fingerprint density at radius 1 is 1.31 bits per heavy atom. The van der Waals surface area contributed by atoms with Gasteiger partial charge in [-0.2, -0.15) is 0 Å². The standard InChI is InChI=1S/C13H15N2S/c1-3-15(4-2)12-7-5-6-11(8-12)13-9-16-10-14-13/h5-9H,3-4H2,1-2H3. The lowest BCUT2D eigenvalue weighted by molar-refractivity contribution is 0.866. The molecule has 1 radical (unpaired) electrons. The molecule has 16 heavy (non-hydrogen) atoms. The Bertz CT molecular complexity index is 433. The third-order valence-corrected chi connectivity index (χ3v) is 3.20. The van der Waals surface area contributed by atoms with Crippen LogP contribution in [0.15, 0.2) is 29.6 Å². The fourth-order valence-electron chi connectivity index (χ4n) is 1.77. The molecule has 0 saturated heterocycles. The van der Waals surface area contributed by atoms with Crippen molar-refractivity contribution in [3.63, 3.8) is 0 Å². The quantitative estimate of drug-likeness (QED) is 0.801. The number of nitrogens with zero attached hydrogens (tertiary/aromatic N) is 2. The second-order valence-corrected chi connectivity index (χ2v) is 4.20. The molecule has 1 heterocycles. The smallest absolute Gasteiger partial charge is 0.152 e. The summed E-state index contributed by atoms with van der Waals surface area (Å²) in [5, 5.41) is 2.03. The summed E-state index contributed by atoms with van der Waals surface area (Å²) in [5.41, 5.74) is 6.32. The van der Waals surface area contributed by atoms with Gasteiger partial charge in [0.25, 0.3) is 0 Å². The molecule has 0 bridgehead atoms. The van der Waals surface area contributed by atoms with E-state index < -0.39 is 0 Å². The predicted octanol–water partition coefficient (Wildman–Crippen LogP) is 3.46. The highest BCUT2D eigenvalue weighted by Gasteiger charge is 2.04. The number of thiazole rings is 1. The molecular formula is C13H15N2S. The van der Waals surface area contributed by atoms with Crippen LogP contribution in [0.1, 0.15) is 13.8 Å². The minimum atomic E-state index is 1.01. The Hall–Kier alpha value is -1.35. The van der Waals surface area contributed by atoms with Crippen molar-refractivity contribution >= 4 is 17.0 Å². The summed E-state index contributed by atoms with van der Waals surface area (Å²) in [6, 6.07) is 8.51. The predicted molar refractivity (Wildman–Crippen MR) is 69.9 cm³/mol. The number of hydrogen-bond donors (Lipinski definition) is 0. The Kier molecular flexibility index (Phi) is 3.57. The summed E-state index contributed by atoms with van der Waals surface area (Å²) in [6.07, 6.45) is 0. The fourth-order valence-corrected chi connectivity index (χ4v) is 2.27. The third-order valence-electron chi connectivity index (χ3n) is 2.66. The monoisotopic (exact) mass is 231 g/mol. The van der Waals surface area contributed by atoms with E-state index >= 15 is 0 Å². The topological polar surface area (TPSA) is 16.1 Å². The molecule has 83 valence electrons. The number of anilines is 1. The van der Waals surface area contributed by atoms with E-state index in [1.165, 1.54) is 22.6 Å². The lowest BCUT2D eigenvalue weighted by Crippen LogP contribution is -2.21. The van der Waals surface area contributed by atoms with Crippen LogP contribution in [0.2, 0.25) is 0 Å². The molecule has 0 aliphatic carbocycles. The minimum Gasteiger partial charge on any atom is -0.372 e. The lowest BCUT2D eigenvalue weighted by atomic mass is 10.1. The van der Waals surface area contributed by atoms with Crippen molar-refractivity contribution in [2.24, 2.45) is 0 Å². The van der Waals surface area contributed by atoms with Gasteiger partial charge in [-0.15, -0.1) is 11.3 Å². The summed E-state index contributed by atoms with van der Waals surface area (Å²) < 4.78 is 0. The lowest BCUT2D eigenvalue weighted by Gasteiger charge is -2.21. The second-order valence-electron chi connectivity index (χ2n) is 3.55. The van der Waals surface area contributed by atoms with Crippen LogP contribution in [0.4, 0.5) is 5.69 Å². The normalized spacial score (nSPS) is 10.4. The van der Waals surface area contributed by atoms with E-state index in [2.05, 4.69) is 53.5 Å². The molecule has 0 aliphatic rings. The van der Waals surface area contributed by atoms with Gasteiger partial charge in [0, 0.05) is 29.7 Å². The first-order chi connectivity index (χ1) is 7.85. The summed E-state index contributed by atoms with van der Waals surface area (Å²) in [5.74, 6) is 0. The first kappa shape index (κ1) is 11.1. The molecule has 2 rings (SSSR count). The van der Waals surface area contributed by atoms with Crippen LogP contribution in [-0.2, 0) is 0 Å². The van der Waals surface area contributed by atoms with Crippen LogP contribution >= 0.6 is 11.3 Å². The zero-order chi connectivity index (χ0) is 11.4. The highest BCUT2D eigenvalue weighted by Crippen LogP contribution is 2.24. The van der Waals surface area contributed by atoms with E-state index in [1.54, 1.807) is 0 Å². The minimum absolute atomic E-state index is 1.01. The van der Waals surface area contributed by atoms with Crippen molar-refractivity contribution in [2.75, 3.05) is 18.0 Å². The molecule has 0 spiro atoms. The van der Waals surface area contributed by atoms with Crippen molar-refractivity contribution in [1.82, 2.24) is 4.98 Å². The van der Waals surface area contributed by atoms with Gasteiger partial charge in [0.15, 0.2) is 5.51 Å². The maximum atomic E-state index is 4.21. The Morgan fingerprint density at radius 3 is 2.75 bits per heavy atom. The molecule has 0 saturated carbocycles. The Balaban J connectivity index is 2.33. The molecule has 1 aromatic carbocycles. The Labute approximate surface area is 101 Å². The van der Waals surface area contributed by atoms with E-state index in [9.17, 15) is 0 Å². The number of aromatic nitrogens is 1. The number of rotatable bonds is 4. The average molecular weight is 231 g/mol. The van der Waals surface area contributed by atoms with E-state index in [1.807, 2.05) is 5.38 Å². The first-order valence-corrected chi connectivity index (χ1v) is 6.40. The van der Waals surface area contributed by atoms with Gasteiger partial charge in [-0.25, -0.2) is 4.98 Å². The van der Waals surface area contributed by atoms with Crippen molar-refractivity contribution in [1.29, 1.82) is 0 Å². The molecule has 3 heteroatoms. The molecule has 0 unspecified atom stereocenters. The van der Waals surface area contributed by atoms with E-state index in [-0.39, 0.29) is 0 Å². The SMILES string of the molecule is CCN(CC)c1cccc(-c2cs[c]n2)c1. The van der Waals surface area contributed by atoms with Crippen LogP contribution in [0, 0.1) is 5.51 Å². The maximum absolute atomic E-state index is 4.21. The fraction of sp³-hybridized carbons (Fsp3) is 0.308. The summed E-state index contributed by atoms with van der Waals surface area (Å²) in [4.78, 5) is 6.55. The molecule has 0 amide bonds. The van der Waals surface area contributed by atoms with Crippen LogP contribution in [-0.4, -0.2) is 18.1 Å². The van der Waals surface area contributed by atoms with Gasteiger partial charge in [-0.1, -0.05) is 12.1 Å². The van der Waals surface area contributed by atoms with Gasteiger partial charge >= 0.3 is 0 Å². The van der Waals surface area contributed by atoms with E-state index in [0.29, 0.717) is 0 Å². The van der Waals surface area contributed by atoms with Gasteiger partial charge in [-0.3, -0.25) is 0 Å². The van der Waals surface area contributed by atoms with Crippen LogP contribution in [0.25, 0.3) is 11.3 Å². The van der Waals surface area contributed by atoms with Gasteiger partial charge in [-0.05, 0) is 26.0 Å². The summed E-state index contributed by atoms with van der Waals surface area (Å²) in [7, 11) is 0. The van der Waals surface area contributed by atoms with Gasteiger partial charge in [0.2, 0.25) is 0 Å². The molecular weight excluding hydrogens is 216 g/mol. The van der Waals surface area contributed by atoms with Crippen LogP contribution < -0.4 is 4.90 Å². The Morgan fingerprint density at radius 2 is 2.12 bits per heavy atom. The van der Waals surface area contributed by atoms with E-state index in [0.717, 1.165) is 18.8 Å². The molecule has 0 aliphatic heterocycles. The molecule has 2 aromatic rings. The summed E-state index contributed by atoms with van der Waals surface area (Å²) >= 11 is 1.51. The van der Waals surface area contributed by atoms with Gasteiger partial charge in [0.05, 0.1) is 5.69 Å². The molecule has 0 atom stereocenters. The number of hydrogen-bond acceptors (Lipinski definition) is 3. The number of benzene rings is 1. The first-order valence-electron chi connectivity index (χ1n) is 5.52.